The third kappa shape index (κ3) is 2.14. The summed E-state index contributed by atoms with van der Waals surface area (Å²) >= 11 is 3.34. The van der Waals surface area contributed by atoms with Gasteiger partial charge in [-0.25, -0.2) is 12.7 Å². The number of nitrogens with zero attached hydrogens (tertiary/aromatic N) is 1. The second-order valence-corrected chi connectivity index (χ2v) is 7.97. The molecule has 16 heavy (non-hydrogen) atoms. The maximum atomic E-state index is 11.7. The van der Waals surface area contributed by atoms with Crippen LogP contribution in [0.4, 0.5) is 0 Å². The van der Waals surface area contributed by atoms with Crippen LogP contribution in [-0.2, 0) is 14.8 Å². The first-order valence-electron chi connectivity index (χ1n) is 5.38. The van der Waals surface area contributed by atoms with Gasteiger partial charge in [-0.3, -0.25) is 4.79 Å². The van der Waals surface area contributed by atoms with Gasteiger partial charge >= 0.3 is 0 Å². The number of hydrogen-bond donors (Lipinski definition) is 0. The standard InChI is InChI=1S/C10H18BrNO3S/c1-8(4-6-11)5-7-12-9(13)10(2,3)16(12,14)15/h8H,4-7H2,1-3H3. The fraction of sp³-hybridized carbons (Fsp3) is 0.900. The van der Waals surface area contributed by atoms with Crippen molar-refractivity contribution in [3.8, 4) is 0 Å². The predicted molar refractivity (Wildman–Crippen MR) is 66.9 cm³/mol. The van der Waals surface area contributed by atoms with Crippen molar-refractivity contribution in [1.29, 1.82) is 0 Å². The molecule has 1 rings (SSSR count). The molecule has 0 radical (unpaired) electrons. The van der Waals surface area contributed by atoms with E-state index < -0.39 is 14.8 Å². The molecule has 4 nitrogen and oxygen atoms in total. The zero-order valence-corrected chi connectivity index (χ0v) is 12.3. The zero-order valence-electron chi connectivity index (χ0n) is 9.86. The van der Waals surface area contributed by atoms with Crippen LogP contribution in [0.15, 0.2) is 0 Å². The molecular weight excluding hydrogens is 294 g/mol. The largest absolute Gasteiger partial charge is 0.272 e. The third-order valence-electron chi connectivity index (χ3n) is 3.10. The Kier molecular flexibility index (Phi) is 4.05. The van der Waals surface area contributed by atoms with E-state index in [0.717, 1.165) is 22.5 Å². The Bertz CT molecular complexity index is 378. The lowest BCUT2D eigenvalue weighted by molar-refractivity contribution is -0.132. The molecule has 1 fully saturated rings. The van der Waals surface area contributed by atoms with Gasteiger partial charge in [0.1, 0.15) is 0 Å². The molecule has 0 bridgehead atoms. The van der Waals surface area contributed by atoms with Gasteiger partial charge in [0.15, 0.2) is 4.75 Å². The van der Waals surface area contributed by atoms with Crippen molar-refractivity contribution in [2.24, 2.45) is 5.92 Å². The first kappa shape index (κ1) is 14.0. The maximum Gasteiger partial charge on any atom is 0.258 e. The number of carbonyl (C=O) groups excluding carboxylic acids is 1. The monoisotopic (exact) mass is 311 g/mol. The second kappa shape index (κ2) is 4.64. The Labute approximate surface area is 106 Å². The number of alkyl halides is 1. The van der Waals surface area contributed by atoms with Gasteiger partial charge < -0.3 is 0 Å². The van der Waals surface area contributed by atoms with E-state index in [2.05, 4.69) is 22.9 Å². The molecule has 1 unspecified atom stereocenters. The molecule has 0 saturated carbocycles. The van der Waals surface area contributed by atoms with Crippen LogP contribution in [0, 0.1) is 5.92 Å². The average molecular weight is 312 g/mol. The first-order chi connectivity index (χ1) is 7.25. The summed E-state index contributed by atoms with van der Waals surface area (Å²) in [7, 11) is -3.39. The molecule has 1 amide bonds. The highest BCUT2D eigenvalue weighted by molar-refractivity contribution is 9.09. The summed E-state index contributed by atoms with van der Waals surface area (Å²) in [5.74, 6) is 0.143. The van der Waals surface area contributed by atoms with E-state index in [1.165, 1.54) is 13.8 Å². The number of rotatable bonds is 5. The van der Waals surface area contributed by atoms with Crippen molar-refractivity contribution in [2.45, 2.75) is 38.4 Å². The van der Waals surface area contributed by atoms with Crippen LogP contribution in [-0.4, -0.2) is 35.3 Å². The summed E-state index contributed by atoms with van der Waals surface area (Å²) in [5, 5.41) is 0.903. The fourth-order valence-electron chi connectivity index (χ4n) is 1.65. The predicted octanol–water partition coefficient (Wildman–Crippen LogP) is 1.75. The van der Waals surface area contributed by atoms with Gasteiger partial charge in [0.2, 0.25) is 0 Å². The highest BCUT2D eigenvalue weighted by Crippen LogP contribution is 2.35. The van der Waals surface area contributed by atoms with Gasteiger partial charge in [-0.1, -0.05) is 22.9 Å². The van der Waals surface area contributed by atoms with E-state index in [9.17, 15) is 13.2 Å². The minimum Gasteiger partial charge on any atom is -0.272 e. The minimum absolute atomic E-state index is 0.279. The maximum absolute atomic E-state index is 11.7. The molecule has 1 aliphatic rings. The van der Waals surface area contributed by atoms with Gasteiger partial charge in [-0.15, -0.1) is 0 Å². The Hall–Kier alpha value is -0.100. The van der Waals surface area contributed by atoms with Crippen LogP contribution in [0.2, 0.25) is 0 Å². The lowest BCUT2D eigenvalue weighted by atomic mass is 10.1. The molecule has 1 atom stereocenters. The highest BCUT2D eigenvalue weighted by Gasteiger charge is 2.59. The van der Waals surface area contributed by atoms with Gasteiger partial charge in [-0.05, 0) is 32.6 Å². The van der Waals surface area contributed by atoms with Gasteiger partial charge in [0.25, 0.3) is 15.9 Å². The van der Waals surface area contributed by atoms with Crippen molar-refractivity contribution >= 4 is 31.9 Å². The fourth-order valence-corrected chi connectivity index (χ4v) is 3.97. The van der Waals surface area contributed by atoms with E-state index in [4.69, 9.17) is 0 Å². The van der Waals surface area contributed by atoms with Crippen LogP contribution in [0.3, 0.4) is 0 Å². The van der Waals surface area contributed by atoms with Crippen LogP contribution in [0.1, 0.15) is 33.6 Å². The molecule has 0 spiro atoms. The molecule has 0 N–H and O–H groups in total. The van der Waals surface area contributed by atoms with E-state index >= 15 is 0 Å². The zero-order chi connectivity index (χ0) is 12.6. The number of sulfonamides is 1. The number of halogens is 1. The second-order valence-electron chi connectivity index (χ2n) is 4.76. The van der Waals surface area contributed by atoms with Gasteiger partial charge in [0.05, 0.1) is 0 Å². The van der Waals surface area contributed by atoms with Crippen molar-refractivity contribution in [1.82, 2.24) is 4.31 Å². The van der Waals surface area contributed by atoms with Crippen molar-refractivity contribution in [2.75, 3.05) is 11.9 Å². The van der Waals surface area contributed by atoms with Crippen LogP contribution < -0.4 is 0 Å². The SMILES string of the molecule is CC(CCBr)CCN1C(=O)C(C)(C)S1(=O)=O. The quantitative estimate of drug-likeness (QED) is 0.727. The molecule has 0 aromatic carbocycles. The smallest absolute Gasteiger partial charge is 0.258 e. The Morgan fingerprint density at radius 2 is 1.94 bits per heavy atom. The van der Waals surface area contributed by atoms with E-state index in [0.29, 0.717) is 12.5 Å². The molecule has 1 aliphatic heterocycles. The molecular formula is C10H18BrNO3S. The van der Waals surface area contributed by atoms with Crippen LogP contribution in [0.25, 0.3) is 0 Å². The molecule has 1 heterocycles. The van der Waals surface area contributed by atoms with Crippen molar-refractivity contribution in [3.05, 3.63) is 0 Å². The van der Waals surface area contributed by atoms with Crippen LogP contribution >= 0.6 is 15.9 Å². The topological polar surface area (TPSA) is 54.5 Å². The lowest BCUT2D eigenvalue weighted by Crippen LogP contribution is -2.67. The van der Waals surface area contributed by atoms with E-state index in [1.54, 1.807) is 0 Å². The molecule has 6 heteroatoms. The van der Waals surface area contributed by atoms with Gasteiger partial charge in [0, 0.05) is 11.9 Å². The minimum atomic E-state index is -3.39. The molecule has 0 aromatic rings. The summed E-state index contributed by atoms with van der Waals surface area (Å²) in [5.41, 5.74) is 0. The van der Waals surface area contributed by atoms with E-state index in [-0.39, 0.29) is 5.91 Å². The van der Waals surface area contributed by atoms with E-state index in [1.807, 2.05) is 0 Å². The summed E-state index contributed by atoms with van der Waals surface area (Å²) in [6, 6.07) is 0. The number of amides is 1. The summed E-state index contributed by atoms with van der Waals surface area (Å²) in [4.78, 5) is 11.6. The Balaban J connectivity index is 2.56. The van der Waals surface area contributed by atoms with Crippen LogP contribution in [0.5, 0.6) is 0 Å². The Morgan fingerprint density at radius 1 is 1.38 bits per heavy atom. The van der Waals surface area contributed by atoms with Crippen molar-refractivity contribution in [3.63, 3.8) is 0 Å². The molecule has 1 saturated heterocycles. The average Bonchev–Trinajstić information content (AvgIpc) is 2.17. The summed E-state index contributed by atoms with van der Waals surface area (Å²) in [6.07, 6.45) is 1.72. The molecule has 0 aliphatic carbocycles. The number of carbonyl (C=O) groups is 1. The lowest BCUT2D eigenvalue weighted by Gasteiger charge is -2.43. The third-order valence-corrected chi connectivity index (χ3v) is 5.95. The van der Waals surface area contributed by atoms with Gasteiger partial charge in [-0.2, -0.15) is 0 Å². The van der Waals surface area contributed by atoms with Crippen molar-refractivity contribution < 1.29 is 13.2 Å². The molecule has 0 aromatic heterocycles. The molecule has 94 valence electrons. The Morgan fingerprint density at radius 3 is 2.38 bits per heavy atom. The highest BCUT2D eigenvalue weighted by atomic mass is 79.9. The summed E-state index contributed by atoms with van der Waals surface area (Å²) in [6.45, 7) is 5.30. The normalized spacial score (nSPS) is 24.0. The number of hydrogen-bond acceptors (Lipinski definition) is 3. The summed E-state index contributed by atoms with van der Waals surface area (Å²) < 4.78 is 23.3. The first-order valence-corrected chi connectivity index (χ1v) is 7.94.